The molecule has 0 aromatic heterocycles. The number of ether oxygens (including phenoxy) is 1. The van der Waals surface area contributed by atoms with E-state index in [0.29, 0.717) is 12.3 Å². The lowest BCUT2D eigenvalue weighted by Gasteiger charge is -2.28. The standard InChI is InChI=1S/C16H24N2O4S/c1-12(16(19)17(2)3)23(20,21)18-10-6-9-15(18)13-7-5-8-14(11-13)22-4/h5,7-8,11-12,15H,6,9-10H2,1-4H3/t12-,15+/m0/s1. The lowest BCUT2D eigenvalue weighted by atomic mass is 10.1. The molecule has 1 aliphatic rings. The molecule has 0 unspecified atom stereocenters. The Morgan fingerprint density at radius 3 is 2.70 bits per heavy atom. The second-order valence-corrected chi connectivity index (χ2v) is 8.17. The van der Waals surface area contributed by atoms with Gasteiger partial charge >= 0.3 is 0 Å². The van der Waals surface area contributed by atoms with Gasteiger partial charge in [0.1, 0.15) is 5.75 Å². The fourth-order valence-electron chi connectivity index (χ4n) is 2.92. The van der Waals surface area contributed by atoms with E-state index in [9.17, 15) is 13.2 Å². The Labute approximate surface area is 138 Å². The third-order valence-corrected chi connectivity index (χ3v) is 6.43. The third-order valence-electron chi connectivity index (χ3n) is 4.24. The van der Waals surface area contributed by atoms with Crippen LogP contribution >= 0.6 is 0 Å². The number of benzene rings is 1. The minimum atomic E-state index is -3.70. The van der Waals surface area contributed by atoms with Crippen LogP contribution in [0, 0.1) is 0 Å². The van der Waals surface area contributed by atoms with Gasteiger partial charge in [-0.1, -0.05) is 12.1 Å². The van der Waals surface area contributed by atoms with E-state index in [1.54, 1.807) is 21.2 Å². The van der Waals surface area contributed by atoms with Crippen molar-refractivity contribution in [2.24, 2.45) is 0 Å². The minimum Gasteiger partial charge on any atom is -0.497 e. The maximum atomic E-state index is 12.9. The molecule has 0 N–H and O–H groups in total. The molecular formula is C16H24N2O4S. The van der Waals surface area contributed by atoms with Gasteiger partial charge in [0.15, 0.2) is 5.25 Å². The number of carbonyl (C=O) groups excluding carboxylic acids is 1. The van der Waals surface area contributed by atoms with E-state index in [4.69, 9.17) is 4.74 Å². The SMILES string of the molecule is COc1cccc([C@H]2CCCN2S(=O)(=O)[C@@H](C)C(=O)N(C)C)c1. The second kappa shape index (κ2) is 6.88. The summed E-state index contributed by atoms with van der Waals surface area (Å²) in [6.07, 6.45) is 1.53. The van der Waals surface area contributed by atoms with E-state index in [-0.39, 0.29) is 6.04 Å². The van der Waals surface area contributed by atoms with Crippen molar-refractivity contribution in [3.05, 3.63) is 29.8 Å². The Bertz CT molecular complexity index is 672. The highest BCUT2D eigenvalue weighted by Crippen LogP contribution is 2.36. The first-order valence-electron chi connectivity index (χ1n) is 7.64. The van der Waals surface area contributed by atoms with Gasteiger partial charge in [0, 0.05) is 26.7 Å². The van der Waals surface area contributed by atoms with Gasteiger partial charge in [-0.3, -0.25) is 4.79 Å². The topological polar surface area (TPSA) is 66.9 Å². The van der Waals surface area contributed by atoms with Crippen LogP contribution in [0.15, 0.2) is 24.3 Å². The molecule has 0 aliphatic carbocycles. The van der Waals surface area contributed by atoms with E-state index >= 15 is 0 Å². The Hall–Kier alpha value is -1.60. The van der Waals surface area contributed by atoms with Crippen molar-refractivity contribution in [1.82, 2.24) is 9.21 Å². The largest absolute Gasteiger partial charge is 0.497 e. The normalized spacial score (nSPS) is 20.3. The van der Waals surface area contributed by atoms with Crippen LogP contribution in [-0.4, -0.2) is 56.5 Å². The predicted octanol–water partition coefficient (Wildman–Crippen LogP) is 1.64. The molecule has 2 rings (SSSR count). The van der Waals surface area contributed by atoms with Gasteiger partial charge in [-0.15, -0.1) is 0 Å². The Morgan fingerprint density at radius 1 is 1.39 bits per heavy atom. The third kappa shape index (κ3) is 3.50. The number of hydrogen-bond donors (Lipinski definition) is 0. The molecule has 7 heteroatoms. The zero-order valence-corrected chi connectivity index (χ0v) is 14.8. The average Bonchev–Trinajstić information content (AvgIpc) is 3.03. The lowest BCUT2D eigenvalue weighted by molar-refractivity contribution is -0.128. The summed E-state index contributed by atoms with van der Waals surface area (Å²) in [6.45, 7) is 1.90. The molecule has 0 radical (unpaired) electrons. The molecular weight excluding hydrogens is 316 g/mol. The molecule has 23 heavy (non-hydrogen) atoms. The number of amides is 1. The van der Waals surface area contributed by atoms with E-state index in [1.807, 2.05) is 24.3 Å². The number of carbonyl (C=O) groups is 1. The van der Waals surface area contributed by atoms with Crippen LogP contribution in [0.3, 0.4) is 0 Å². The quantitative estimate of drug-likeness (QED) is 0.817. The molecule has 1 aromatic carbocycles. The van der Waals surface area contributed by atoms with Crippen molar-refractivity contribution >= 4 is 15.9 Å². The van der Waals surface area contributed by atoms with Crippen LogP contribution in [0.4, 0.5) is 0 Å². The fraction of sp³-hybridized carbons (Fsp3) is 0.562. The summed E-state index contributed by atoms with van der Waals surface area (Å²) in [5, 5.41) is -1.08. The summed E-state index contributed by atoms with van der Waals surface area (Å²) in [5.74, 6) is 0.297. The smallest absolute Gasteiger partial charge is 0.241 e. The molecule has 128 valence electrons. The van der Waals surface area contributed by atoms with Crippen molar-refractivity contribution in [1.29, 1.82) is 0 Å². The first-order valence-corrected chi connectivity index (χ1v) is 9.15. The molecule has 1 fully saturated rings. The first-order chi connectivity index (χ1) is 10.8. The molecule has 1 aromatic rings. The average molecular weight is 340 g/mol. The van der Waals surface area contributed by atoms with E-state index in [2.05, 4.69) is 0 Å². The van der Waals surface area contributed by atoms with Gasteiger partial charge in [-0.25, -0.2) is 8.42 Å². The predicted molar refractivity (Wildman–Crippen MR) is 88.8 cm³/mol. The summed E-state index contributed by atoms with van der Waals surface area (Å²) < 4.78 is 32.4. The molecule has 1 saturated heterocycles. The molecule has 6 nitrogen and oxygen atoms in total. The molecule has 0 saturated carbocycles. The first kappa shape index (κ1) is 17.7. The van der Waals surface area contributed by atoms with E-state index < -0.39 is 21.2 Å². The number of methoxy groups -OCH3 is 1. The minimum absolute atomic E-state index is 0.243. The number of hydrogen-bond acceptors (Lipinski definition) is 4. The van der Waals surface area contributed by atoms with Gasteiger partial charge in [-0.2, -0.15) is 4.31 Å². The Kier molecular flexibility index (Phi) is 5.31. The highest BCUT2D eigenvalue weighted by molar-refractivity contribution is 7.90. The van der Waals surface area contributed by atoms with Crippen molar-refractivity contribution in [3.63, 3.8) is 0 Å². The van der Waals surface area contributed by atoms with Gasteiger partial charge in [-0.05, 0) is 37.5 Å². The molecule has 1 heterocycles. The van der Waals surface area contributed by atoms with Crippen molar-refractivity contribution in [2.45, 2.75) is 31.1 Å². The summed E-state index contributed by atoms with van der Waals surface area (Å²) in [6, 6.07) is 7.20. The molecule has 1 aliphatic heterocycles. The molecule has 2 atom stereocenters. The molecule has 0 spiro atoms. The van der Waals surface area contributed by atoms with Crippen LogP contribution in [0.25, 0.3) is 0 Å². The summed E-state index contributed by atoms with van der Waals surface area (Å²) in [4.78, 5) is 13.4. The second-order valence-electron chi connectivity index (χ2n) is 5.97. The van der Waals surface area contributed by atoms with Crippen molar-refractivity contribution in [2.75, 3.05) is 27.7 Å². The van der Waals surface area contributed by atoms with Gasteiger partial charge in [0.05, 0.1) is 7.11 Å². The van der Waals surface area contributed by atoms with Crippen molar-refractivity contribution < 1.29 is 17.9 Å². The lowest BCUT2D eigenvalue weighted by Crippen LogP contribution is -2.44. The monoisotopic (exact) mass is 340 g/mol. The Balaban J connectivity index is 2.32. The van der Waals surface area contributed by atoms with Crippen LogP contribution in [0.5, 0.6) is 5.75 Å². The molecule has 0 bridgehead atoms. The van der Waals surface area contributed by atoms with Crippen LogP contribution in [0.2, 0.25) is 0 Å². The van der Waals surface area contributed by atoms with E-state index in [1.165, 1.54) is 16.1 Å². The maximum absolute atomic E-state index is 12.9. The highest BCUT2D eigenvalue weighted by Gasteiger charge is 2.41. The van der Waals surface area contributed by atoms with Crippen LogP contribution < -0.4 is 4.74 Å². The number of sulfonamides is 1. The van der Waals surface area contributed by atoms with Crippen LogP contribution in [-0.2, 0) is 14.8 Å². The highest BCUT2D eigenvalue weighted by atomic mass is 32.2. The summed E-state index contributed by atoms with van der Waals surface area (Å²) in [5.41, 5.74) is 0.898. The van der Waals surface area contributed by atoms with Gasteiger partial charge in [0.2, 0.25) is 15.9 Å². The summed E-state index contributed by atoms with van der Waals surface area (Å²) in [7, 11) is 1.02. The molecule has 1 amide bonds. The van der Waals surface area contributed by atoms with Crippen LogP contribution in [0.1, 0.15) is 31.4 Å². The fourth-order valence-corrected chi connectivity index (χ4v) is 4.76. The van der Waals surface area contributed by atoms with E-state index in [0.717, 1.165) is 18.4 Å². The van der Waals surface area contributed by atoms with Crippen molar-refractivity contribution in [3.8, 4) is 5.75 Å². The zero-order valence-electron chi connectivity index (χ0n) is 14.0. The summed E-state index contributed by atoms with van der Waals surface area (Å²) >= 11 is 0. The maximum Gasteiger partial charge on any atom is 0.241 e. The zero-order chi connectivity index (χ0) is 17.2. The van der Waals surface area contributed by atoms with Gasteiger partial charge in [0.25, 0.3) is 0 Å². The number of rotatable bonds is 5. The van der Waals surface area contributed by atoms with Gasteiger partial charge < -0.3 is 9.64 Å². The number of nitrogens with zero attached hydrogens (tertiary/aromatic N) is 2. The Morgan fingerprint density at radius 2 is 2.09 bits per heavy atom.